The molecule has 1 aromatic carbocycles. The average Bonchev–Trinajstić information content (AvgIpc) is 2.92. The first-order valence-electron chi connectivity index (χ1n) is 7.84. The number of aromatic nitrogens is 2. The first-order valence-corrected chi connectivity index (χ1v) is 9.06. The molecule has 1 aliphatic rings. The largest absolute Gasteiger partial charge is 0.418 e. The van der Waals surface area contributed by atoms with Crippen LogP contribution in [0.15, 0.2) is 29.1 Å². The first kappa shape index (κ1) is 16.5. The van der Waals surface area contributed by atoms with Gasteiger partial charge in [-0.1, -0.05) is 12.1 Å². The molecule has 0 atom stereocenters. The fourth-order valence-electron chi connectivity index (χ4n) is 3.36. The van der Waals surface area contributed by atoms with Crippen molar-refractivity contribution in [1.29, 1.82) is 0 Å². The van der Waals surface area contributed by atoms with Crippen molar-refractivity contribution in [2.45, 2.75) is 31.9 Å². The van der Waals surface area contributed by atoms with E-state index >= 15 is 0 Å². The summed E-state index contributed by atoms with van der Waals surface area (Å²) >= 11 is 6.70. The van der Waals surface area contributed by atoms with E-state index in [0.717, 1.165) is 46.8 Å². The van der Waals surface area contributed by atoms with E-state index < -0.39 is 17.3 Å². The second kappa shape index (κ2) is 5.81. The van der Waals surface area contributed by atoms with Crippen LogP contribution >= 0.6 is 23.6 Å². The molecular weight excluding hydrogens is 369 g/mol. The van der Waals surface area contributed by atoms with Crippen LogP contribution in [0.2, 0.25) is 0 Å². The molecule has 0 spiro atoms. The maximum absolute atomic E-state index is 13.4. The van der Waals surface area contributed by atoms with Crippen LogP contribution in [-0.4, -0.2) is 9.55 Å². The number of hydrogen-bond acceptors (Lipinski definition) is 3. The van der Waals surface area contributed by atoms with E-state index in [2.05, 4.69) is 4.98 Å². The Kier molecular flexibility index (Phi) is 3.84. The predicted molar refractivity (Wildman–Crippen MR) is 94.3 cm³/mol. The van der Waals surface area contributed by atoms with Crippen LogP contribution in [0.25, 0.3) is 15.9 Å². The van der Waals surface area contributed by atoms with Gasteiger partial charge in [0.15, 0.2) is 4.77 Å². The van der Waals surface area contributed by atoms with Crippen LogP contribution in [0.3, 0.4) is 0 Å². The van der Waals surface area contributed by atoms with E-state index in [1.54, 1.807) is 0 Å². The van der Waals surface area contributed by atoms with E-state index in [1.807, 2.05) is 0 Å². The molecule has 1 aliphatic carbocycles. The maximum Gasteiger partial charge on any atom is 0.418 e. The van der Waals surface area contributed by atoms with Gasteiger partial charge in [0.2, 0.25) is 0 Å². The standard InChI is InChI=1S/C17H13F3N2OS2/c18-17(19,20)10-6-2-3-7-11(10)22-15(23)13-9-5-1-4-8-12(9)25-14(13)21-16(22)24/h2-3,6-7H,1,4-5,8H2,(H,21,24). The summed E-state index contributed by atoms with van der Waals surface area (Å²) in [4.78, 5) is 17.8. The fourth-order valence-corrected chi connectivity index (χ4v) is 4.99. The molecule has 2 heterocycles. The first-order chi connectivity index (χ1) is 11.9. The van der Waals surface area contributed by atoms with Gasteiger partial charge in [-0.15, -0.1) is 11.3 Å². The van der Waals surface area contributed by atoms with E-state index in [4.69, 9.17) is 12.2 Å². The van der Waals surface area contributed by atoms with Crippen molar-refractivity contribution in [3.8, 4) is 5.69 Å². The van der Waals surface area contributed by atoms with Gasteiger partial charge < -0.3 is 4.98 Å². The number of benzene rings is 1. The SMILES string of the molecule is O=c1c2c3c(sc2[nH]c(=S)n1-c1ccccc1C(F)(F)F)CCCC3. The van der Waals surface area contributed by atoms with Gasteiger partial charge in [-0.3, -0.25) is 9.36 Å². The molecule has 130 valence electrons. The highest BCUT2D eigenvalue weighted by atomic mass is 32.1. The number of nitrogens with zero attached hydrogens (tertiary/aromatic N) is 1. The van der Waals surface area contributed by atoms with Gasteiger partial charge in [-0.25, -0.2) is 0 Å². The van der Waals surface area contributed by atoms with Crippen molar-refractivity contribution in [1.82, 2.24) is 9.55 Å². The zero-order valence-electron chi connectivity index (χ0n) is 12.9. The number of halogens is 3. The van der Waals surface area contributed by atoms with Crippen LogP contribution < -0.4 is 5.56 Å². The Labute approximate surface area is 149 Å². The van der Waals surface area contributed by atoms with Crippen molar-refractivity contribution in [2.24, 2.45) is 0 Å². The molecular formula is C17H13F3N2OS2. The minimum atomic E-state index is -4.57. The minimum absolute atomic E-state index is 0.0206. The maximum atomic E-state index is 13.4. The summed E-state index contributed by atoms with van der Waals surface area (Å²) in [6, 6.07) is 5.01. The highest BCUT2D eigenvalue weighted by Crippen LogP contribution is 2.36. The van der Waals surface area contributed by atoms with Crippen LogP contribution in [-0.2, 0) is 19.0 Å². The van der Waals surface area contributed by atoms with E-state index in [1.165, 1.54) is 29.5 Å². The highest BCUT2D eigenvalue weighted by Gasteiger charge is 2.34. The summed E-state index contributed by atoms with van der Waals surface area (Å²) in [7, 11) is 0. The Hall–Kier alpha value is -1.93. The molecule has 0 fully saturated rings. The van der Waals surface area contributed by atoms with Gasteiger partial charge in [0, 0.05) is 4.88 Å². The molecule has 4 rings (SSSR count). The number of nitrogens with one attached hydrogen (secondary N) is 1. The Balaban J connectivity index is 2.08. The van der Waals surface area contributed by atoms with Crippen molar-refractivity contribution >= 4 is 33.8 Å². The Morgan fingerprint density at radius 1 is 1.16 bits per heavy atom. The van der Waals surface area contributed by atoms with Gasteiger partial charge in [0.1, 0.15) is 4.83 Å². The topological polar surface area (TPSA) is 37.8 Å². The molecule has 8 heteroatoms. The Bertz CT molecular complexity index is 1090. The number of rotatable bonds is 1. The zero-order chi connectivity index (χ0) is 17.8. The van der Waals surface area contributed by atoms with E-state index in [9.17, 15) is 18.0 Å². The number of para-hydroxylation sites is 1. The normalized spacial score (nSPS) is 14.7. The second-order valence-electron chi connectivity index (χ2n) is 6.00. The molecule has 25 heavy (non-hydrogen) atoms. The third-order valence-electron chi connectivity index (χ3n) is 4.46. The Morgan fingerprint density at radius 3 is 2.64 bits per heavy atom. The fraction of sp³-hybridized carbons (Fsp3) is 0.294. The lowest BCUT2D eigenvalue weighted by Gasteiger charge is -2.15. The molecule has 0 saturated heterocycles. The summed E-state index contributed by atoms with van der Waals surface area (Å²) in [6.07, 6.45) is -0.858. The van der Waals surface area contributed by atoms with Crippen LogP contribution in [0.1, 0.15) is 28.8 Å². The summed E-state index contributed by atoms with van der Waals surface area (Å²) in [5.74, 6) is 0. The van der Waals surface area contributed by atoms with Gasteiger partial charge >= 0.3 is 6.18 Å². The number of alkyl halides is 3. The Morgan fingerprint density at radius 2 is 1.88 bits per heavy atom. The third-order valence-corrected chi connectivity index (χ3v) is 5.95. The van der Waals surface area contributed by atoms with Gasteiger partial charge in [0.25, 0.3) is 5.56 Å². The van der Waals surface area contributed by atoms with E-state index in [-0.39, 0.29) is 10.5 Å². The molecule has 3 aromatic rings. The van der Waals surface area contributed by atoms with Crippen molar-refractivity contribution in [3.63, 3.8) is 0 Å². The van der Waals surface area contributed by atoms with Crippen LogP contribution in [0, 0.1) is 4.77 Å². The quantitative estimate of drug-likeness (QED) is 0.601. The third kappa shape index (κ3) is 2.64. The molecule has 3 nitrogen and oxygen atoms in total. The lowest BCUT2D eigenvalue weighted by atomic mass is 9.97. The van der Waals surface area contributed by atoms with Crippen molar-refractivity contribution in [3.05, 3.63) is 55.4 Å². The number of aromatic amines is 1. The van der Waals surface area contributed by atoms with Crippen LogP contribution in [0.5, 0.6) is 0 Å². The molecule has 1 N–H and O–H groups in total. The van der Waals surface area contributed by atoms with Crippen LogP contribution in [0.4, 0.5) is 13.2 Å². The molecule has 0 bridgehead atoms. The molecule has 0 aliphatic heterocycles. The van der Waals surface area contributed by atoms with Gasteiger partial charge in [-0.05, 0) is 55.6 Å². The highest BCUT2D eigenvalue weighted by molar-refractivity contribution is 7.71. The number of hydrogen-bond donors (Lipinski definition) is 1. The van der Waals surface area contributed by atoms with Gasteiger partial charge in [-0.2, -0.15) is 13.2 Å². The smallest absolute Gasteiger partial charge is 0.323 e. The average molecular weight is 382 g/mol. The molecule has 0 saturated carbocycles. The minimum Gasteiger partial charge on any atom is -0.323 e. The summed E-state index contributed by atoms with van der Waals surface area (Å²) < 4.78 is 41.1. The summed E-state index contributed by atoms with van der Waals surface area (Å²) in [6.45, 7) is 0. The second-order valence-corrected chi connectivity index (χ2v) is 7.49. The van der Waals surface area contributed by atoms with Crippen molar-refractivity contribution < 1.29 is 13.2 Å². The monoisotopic (exact) mass is 382 g/mol. The number of aryl methyl sites for hydroxylation is 2. The van der Waals surface area contributed by atoms with Crippen molar-refractivity contribution in [2.75, 3.05) is 0 Å². The molecule has 0 amide bonds. The predicted octanol–water partition coefficient (Wildman–Crippen LogP) is 5.01. The summed E-state index contributed by atoms with van der Waals surface area (Å²) in [5.41, 5.74) is -0.630. The zero-order valence-corrected chi connectivity index (χ0v) is 14.6. The summed E-state index contributed by atoms with van der Waals surface area (Å²) in [5, 5.41) is 0.477. The molecule has 2 aromatic heterocycles. The number of H-pyrrole nitrogens is 1. The van der Waals surface area contributed by atoms with E-state index in [0.29, 0.717) is 10.2 Å². The number of fused-ring (bicyclic) bond motifs is 3. The lowest BCUT2D eigenvalue weighted by molar-refractivity contribution is -0.137. The number of thiophene rings is 1. The molecule has 0 unspecified atom stereocenters. The molecule has 0 radical (unpaired) electrons. The lowest BCUT2D eigenvalue weighted by Crippen LogP contribution is -2.24. The van der Waals surface area contributed by atoms with Gasteiger partial charge in [0.05, 0.1) is 16.6 Å².